The molecule has 0 atom stereocenters. The van der Waals surface area contributed by atoms with Crippen LogP contribution in [0.4, 0.5) is 5.69 Å². The average Bonchev–Trinajstić information content (AvgIpc) is 3.02. The summed E-state index contributed by atoms with van der Waals surface area (Å²) in [6.07, 6.45) is 3.32. The molecule has 1 aromatic carbocycles. The van der Waals surface area contributed by atoms with Gasteiger partial charge in [0.1, 0.15) is 0 Å². The first-order chi connectivity index (χ1) is 14.8. The molecule has 0 aliphatic heterocycles. The maximum Gasteiger partial charge on any atom is 0.255 e. The van der Waals surface area contributed by atoms with Crippen molar-refractivity contribution in [3.05, 3.63) is 92.8 Å². The van der Waals surface area contributed by atoms with Crippen LogP contribution in [-0.2, 0) is 6.54 Å². The minimum atomic E-state index is -0.585. The van der Waals surface area contributed by atoms with Crippen LogP contribution in [0.15, 0.2) is 53.6 Å². The van der Waals surface area contributed by atoms with Gasteiger partial charge in [-0.25, -0.2) is 4.98 Å². The van der Waals surface area contributed by atoms with E-state index in [1.807, 2.05) is 36.6 Å². The lowest BCUT2D eigenvalue weighted by molar-refractivity contribution is 0.0999. The largest absolute Gasteiger partial charge is 0.378 e. The number of carbonyl (C=O) groups excluding carboxylic acids is 1. The first kappa shape index (κ1) is 23.1. The molecule has 0 fully saturated rings. The molecule has 0 radical (unpaired) electrons. The number of benzene rings is 1. The lowest BCUT2D eigenvalue weighted by Gasteiger charge is -2.15. The minimum absolute atomic E-state index is 0. The van der Waals surface area contributed by atoms with E-state index >= 15 is 0 Å². The zero-order valence-electron chi connectivity index (χ0n) is 18.5. The van der Waals surface area contributed by atoms with Gasteiger partial charge in [-0.1, -0.05) is 18.2 Å². The van der Waals surface area contributed by atoms with Gasteiger partial charge in [0.25, 0.3) is 5.56 Å². The number of fused-ring (bicyclic) bond motifs is 1. The molecule has 32 heavy (non-hydrogen) atoms. The van der Waals surface area contributed by atoms with Crippen LogP contribution in [0.5, 0.6) is 0 Å². The molecule has 4 rings (SSSR count). The third kappa shape index (κ3) is 4.11. The van der Waals surface area contributed by atoms with Crippen molar-refractivity contribution in [2.24, 2.45) is 5.73 Å². The monoisotopic (exact) mass is 451 g/mol. The van der Waals surface area contributed by atoms with Gasteiger partial charge < -0.3 is 15.5 Å². The van der Waals surface area contributed by atoms with Gasteiger partial charge in [0.2, 0.25) is 5.91 Å². The van der Waals surface area contributed by atoms with Crippen LogP contribution < -0.4 is 16.6 Å². The van der Waals surface area contributed by atoms with E-state index in [0.717, 1.165) is 22.7 Å². The maximum atomic E-state index is 12.6. The van der Waals surface area contributed by atoms with Crippen LogP contribution >= 0.6 is 12.4 Å². The number of nitrogens with zero attached hydrogens (tertiary/aromatic N) is 3. The van der Waals surface area contributed by atoms with Crippen molar-refractivity contribution in [3.8, 4) is 5.69 Å². The first-order valence-electron chi connectivity index (χ1n) is 10.1. The van der Waals surface area contributed by atoms with E-state index < -0.39 is 5.91 Å². The summed E-state index contributed by atoms with van der Waals surface area (Å²) in [5.41, 5.74) is 13.2. The van der Waals surface area contributed by atoms with E-state index in [4.69, 9.17) is 10.7 Å². The molecule has 3 N–H and O–H groups in total. The molecule has 166 valence electrons. The second kappa shape index (κ2) is 8.88. The lowest BCUT2D eigenvalue weighted by atomic mass is 10.0. The maximum absolute atomic E-state index is 12.6. The van der Waals surface area contributed by atoms with Crippen LogP contribution in [0, 0.1) is 27.7 Å². The number of aromatic nitrogens is 3. The number of carbonyl (C=O) groups is 1. The van der Waals surface area contributed by atoms with E-state index in [9.17, 15) is 9.59 Å². The first-order valence-corrected chi connectivity index (χ1v) is 10.1. The summed E-state index contributed by atoms with van der Waals surface area (Å²) in [5.74, 6) is -0.585. The summed E-state index contributed by atoms with van der Waals surface area (Å²) in [5, 5.41) is 3.50. The van der Waals surface area contributed by atoms with E-state index in [-0.39, 0.29) is 23.5 Å². The fourth-order valence-corrected chi connectivity index (χ4v) is 3.76. The van der Waals surface area contributed by atoms with Crippen molar-refractivity contribution in [3.63, 3.8) is 0 Å². The van der Waals surface area contributed by atoms with Crippen molar-refractivity contribution in [2.75, 3.05) is 5.32 Å². The van der Waals surface area contributed by atoms with Crippen LogP contribution in [0.1, 0.15) is 38.4 Å². The molecule has 3 heterocycles. The Kier molecular flexibility index (Phi) is 6.41. The number of nitrogens with one attached hydrogen (secondary N) is 1. The van der Waals surface area contributed by atoms with E-state index in [1.165, 1.54) is 39.6 Å². The number of pyridine rings is 2. The summed E-state index contributed by atoms with van der Waals surface area (Å²) in [6, 6.07) is 10.9. The molecular formula is C24H26ClN5O2. The zero-order valence-corrected chi connectivity index (χ0v) is 19.3. The van der Waals surface area contributed by atoms with E-state index in [2.05, 4.69) is 31.3 Å². The number of primary amides is 1. The number of halogens is 1. The van der Waals surface area contributed by atoms with Crippen LogP contribution in [0.25, 0.3) is 11.3 Å². The molecule has 0 saturated carbocycles. The Balaban J connectivity index is 0.00000289. The Morgan fingerprint density at radius 1 is 1.06 bits per heavy atom. The van der Waals surface area contributed by atoms with Gasteiger partial charge in [0.05, 0.1) is 22.6 Å². The smallest absolute Gasteiger partial charge is 0.255 e. The molecule has 7 nitrogen and oxygen atoms in total. The van der Waals surface area contributed by atoms with Gasteiger partial charge in [-0.15, -0.1) is 12.4 Å². The van der Waals surface area contributed by atoms with Gasteiger partial charge in [0, 0.05) is 30.7 Å². The number of imidazole rings is 1. The Labute approximate surface area is 192 Å². The highest BCUT2D eigenvalue weighted by atomic mass is 35.5. The average molecular weight is 452 g/mol. The van der Waals surface area contributed by atoms with Crippen LogP contribution in [-0.4, -0.2) is 19.9 Å². The van der Waals surface area contributed by atoms with Crippen molar-refractivity contribution in [1.29, 1.82) is 0 Å². The number of amides is 1. The molecular weight excluding hydrogens is 426 g/mol. The summed E-state index contributed by atoms with van der Waals surface area (Å²) in [4.78, 5) is 28.9. The highest BCUT2D eigenvalue weighted by molar-refractivity contribution is 5.92. The Morgan fingerprint density at radius 3 is 2.41 bits per heavy atom. The standard InChI is InChI=1S/C24H25N5O2.ClH/c1-14-6-5-7-15(2)20(14)11-26-21-10-19(13-28-17(4)16(3)27-24(21)28)29-12-18(23(25)31)8-9-22(29)30;/h5-10,12-13,26H,11H2,1-4H3,(H2,25,31);1H. The van der Waals surface area contributed by atoms with Gasteiger partial charge in [-0.05, 0) is 56.5 Å². The Morgan fingerprint density at radius 2 is 1.75 bits per heavy atom. The van der Waals surface area contributed by atoms with Gasteiger partial charge in [-0.2, -0.15) is 0 Å². The van der Waals surface area contributed by atoms with Crippen molar-refractivity contribution >= 4 is 29.6 Å². The summed E-state index contributed by atoms with van der Waals surface area (Å²) in [7, 11) is 0. The topological polar surface area (TPSA) is 94.4 Å². The molecule has 0 saturated heterocycles. The lowest BCUT2D eigenvalue weighted by Crippen LogP contribution is -2.21. The van der Waals surface area contributed by atoms with Crippen molar-refractivity contribution < 1.29 is 4.79 Å². The van der Waals surface area contributed by atoms with Crippen LogP contribution in [0.2, 0.25) is 0 Å². The zero-order chi connectivity index (χ0) is 22.3. The molecule has 0 bridgehead atoms. The third-order valence-electron chi connectivity index (χ3n) is 5.76. The number of aryl methyl sites for hydroxylation is 4. The van der Waals surface area contributed by atoms with Gasteiger partial charge >= 0.3 is 0 Å². The summed E-state index contributed by atoms with van der Waals surface area (Å²) in [6.45, 7) is 8.75. The molecule has 4 aromatic rings. The number of hydrogen-bond acceptors (Lipinski definition) is 4. The fourth-order valence-electron chi connectivity index (χ4n) is 3.76. The predicted molar refractivity (Wildman–Crippen MR) is 129 cm³/mol. The summed E-state index contributed by atoms with van der Waals surface area (Å²) >= 11 is 0. The SMILES string of the molecule is Cc1cccc(C)c1CNc1cc(-n2cc(C(N)=O)ccc2=O)cn2c(C)c(C)nc12.Cl. The van der Waals surface area contributed by atoms with Gasteiger partial charge in [-0.3, -0.25) is 14.2 Å². The van der Waals surface area contributed by atoms with E-state index in [0.29, 0.717) is 12.2 Å². The second-order valence-corrected chi connectivity index (χ2v) is 7.80. The number of hydrogen-bond donors (Lipinski definition) is 2. The fraction of sp³-hybridized carbons (Fsp3) is 0.208. The van der Waals surface area contributed by atoms with Crippen LogP contribution in [0.3, 0.4) is 0 Å². The number of anilines is 1. The minimum Gasteiger partial charge on any atom is -0.378 e. The normalized spacial score (nSPS) is 10.8. The number of nitrogens with two attached hydrogens (primary N) is 1. The second-order valence-electron chi connectivity index (χ2n) is 7.80. The molecule has 8 heteroatoms. The Bertz CT molecular complexity index is 1370. The van der Waals surface area contributed by atoms with Crippen molar-refractivity contribution in [1.82, 2.24) is 14.0 Å². The third-order valence-corrected chi connectivity index (χ3v) is 5.76. The molecule has 0 aliphatic carbocycles. The van der Waals surface area contributed by atoms with E-state index in [1.54, 1.807) is 0 Å². The summed E-state index contributed by atoms with van der Waals surface area (Å²) < 4.78 is 3.39. The highest BCUT2D eigenvalue weighted by Gasteiger charge is 2.14. The molecule has 3 aromatic heterocycles. The quantitative estimate of drug-likeness (QED) is 0.481. The highest BCUT2D eigenvalue weighted by Crippen LogP contribution is 2.25. The van der Waals surface area contributed by atoms with Gasteiger partial charge in [0.15, 0.2) is 5.65 Å². The molecule has 0 spiro atoms. The molecule has 0 aliphatic rings. The molecule has 1 amide bonds. The Hall–Kier alpha value is -3.58. The number of rotatable bonds is 5. The molecule has 0 unspecified atom stereocenters. The predicted octanol–water partition coefficient (Wildman–Crippen LogP) is 3.85. The van der Waals surface area contributed by atoms with Crippen molar-refractivity contribution in [2.45, 2.75) is 34.2 Å².